The van der Waals surface area contributed by atoms with Crippen LogP contribution in [-0.4, -0.2) is 38.2 Å². The van der Waals surface area contributed by atoms with E-state index in [-0.39, 0.29) is 6.04 Å². The normalized spacial score (nSPS) is 20.4. The summed E-state index contributed by atoms with van der Waals surface area (Å²) in [6.07, 6.45) is 3.13. The lowest BCUT2D eigenvalue weighted by molar-refractivity contribution is 0.342. The molecule has 3 heterocycles. The van der Waals surface area contributed by atoms with Gasteiger partial charge in [-0.25, -0.2) is 9.97 Å². The molecule has 0 spiro atoms. The largest absolute Gasteiger partial charge is 0.337 e. The molecule has 17 heavy (non-hydrogen) atoms. The first-order valence-corrected chi connectivity index (χ1v) is 6.50. The van der Waals surface area contributed by atoms with E-state index in [2.05, 4.69) is 25.4 Å². The molecule has 1 atom stereocenters. The molecule has 3 rings (SSSR count). The summed E-state index contributed by atoms with van der Waals surface area (Å²) in [6.45, 7) is 0.973. The Morgan fingerprint density at radius 3 is 3.24 bits per heavy atom. The molecule has 2 aromatic rings. The summed E-state index contributed by atoms with van der Waals surface area (Å²) < 4.78 is 5.26. The van der Waals surface area contributed by atoms with Crippen LogP contribution in [0.3, 0.4) is 0 Å². The van der Waals surface area contributed by atoms with Gasteiger partial charge in [-0.05, 0) is 6.07 Å². The SMILES string of the molecule is c1cc(-c2noc(C3CSCCN3)n2)ncn1. The minimum absolute atomic E-state index is 0.150. The summed E-state index contributed by atoms with van der Waals surface area (Å²) in [4.78, 5) is 12.3. The highest BCUT2D eigenvalue weighted by Gasteiger charge is 2.21. The maximum atomic E-state index is 5.26. The summed E-state index contributed by atoms with van der Waals surface area (Å²) in [5.74, 6) is 3.24. The van der Waals surface area contributed by atoms with E-state index in [9.17, 15) is 0 Å². The molecular formula is C10H11N5OS. The van der Waals surface area contributed by atoms with Crippen molar-refractivity contribution in [2.75, 3.05) is 18.1 Å². The molecular weight excluding hydrogens is 238 g/mol. The molecule has 0 amide bonds. The predicted octanol–water partition coefficient (Wildman–Crippen LogP) is 0.904. The van der Waals surface area contributed by atoms with E-state index >= 15 is 0 Å². The molecule has 0 aliphatic carbocycles. The zero-order valence-corrected chi connectivity index (χ0v) is 9.85. The van der Waals surface area contributed by atoms with Gasteiger partial charge in [0, 0.05) is 24.2 Å². The van der Waals surface area contributed by atoms with Gasteiger partial charge >= 0.3 is 0 Å². The molecule has 88 valence electrons. The van der Waals surface area contributed by atoms with Crippen molar-refractivity contribution in [2.45, 2.75) is 6.04 Å². The Labute approximate surface area is 102 Å². The molecule has 0 radical (unpaired) electrons. The van der Waals surface area contributed by atoms with E-state index in [1.165, 1.54) is 6.33 Å². The molecule has 1 saturated heterocycles. The average Bonchev–Trinajstić information content (AvgIpc) is 2.90. The van der Waals surface area contributed by atoms with Crippen molar-refractivity contribution in [2.24, 2.45) is 0 Å². The molecule has 1 fully saturated rings. The van der Waals surface area contributed by atoms with E-state index in [0.29, 0.717) is 17.4 Å². The fourth-order valence-electron chi connectivity index (χ4n) is 1.63. The lowest BCUT2D eigenvalue weighted by Gasteiger charge is -2.19. The quantitative estimate of drug-likeness (QED) is 0.847. The standard InChI is InChI=1S/C10H11N5OS/c1-2-11-6-13-7(1)9-14-10(16-15-9)8-5-17-4-3-12-8/h1-2,6,8,12H,3-5H2. The highest BCUT2D eigenvalue weighted by atomic mass is 32.2. The number of thioether (sulfide) groups is 1. The first-order valence-electron chi connectivity index (χ1n) is 5.34. The molecule has 1 N–H and O–H groups in total. The fourth-order valence-corrected chi connectivity index (χ4v) is 2.55. The Hall–Kier alpha value is -1.47. The Morgan fingerprint density at radius 2 is 2.47 bits per heavy atom. The van der Waals surface area contributed by atoms with Gasteiger partial charge in [0.25, 0.3) is 0 Å². The fraction of sp³-hybridized carbons (Fsp3) is 0.400. The topological polar surface area (TPSA) is 76.7 Å². The Balaban J connectivity index is 1.83. The van der Waals surface area contributed by atoms with Crippen LogP contribution in [0.15, 0.2) is 23.1 Å². The summed E-state index contributed by atoms with van der Waals surface area (Å²) in [7, 11) is 0. The van der Waals surface area contributed by atoms with Crippen LogP contribution in [0.5, 0.6) is 0 Å². The van der Waals surface area contributed by atoms with Gasteiger partial charge in [-0.3, -0.25) is 0 Å². The number of aromatic nitrogens is 4. The van der Waals surface area contributed by atoms with Crippen LogP contribution in [0, 0.1) is 0 Å². The van der Waals surface area contributed by atoms with Crippen LogP contribution < -0.4 is 5.32 Å². The van der Waals surface area contributed by atoms with Crippen molar-refractivity contribution >= 4 is 11.8 Å². The average molecular weight is 249 g/mol. The van der Waals surface area contributed by atoms with Crippen molar-refractivity contribution in [3.8, 4) is 11.5 Å². The third kappa shape index (κ3) is 2.29. The van der Waals surface area contributed by atoms with E-state index in [1.807, 2.05) is 11.8 Å². The van der Waals surface area contributed by atoms with E-state index in [4.69, 9.17) is 4.52 Å². The molecule has 1 aliphatic heterocycles. The third-order valence-corrected chi connectivity index (χ3v) is 3.53. The first kappa shape index (κ1) is 10.7. The van der Waals surface area contributed by atoms with Crippen LogP contribution in [0.25, 0.3) is 11.5 Å². The van der Waals surface area contributed by atoms with Gasteiger partial charge < -0.3 is 9.84 Å². The van der Waals surface area contributed by atoms with Crippen LogP contribution in [0.1, 0.15) is 11.9 Å². The summed E-state index contributed by atoms with van der Waals surface area (Å²) in [5.41, 5.74) is 0.679. The van der Waals surface area contributed by atoms with E-state index in [1.54, 1.807) is 12.3 Å². The van der Waals surface area contributed by atoms with Crippen LogP contribution in [0.2, 0.25) is 0 Å². The third-order valence-electron chi connectivity index (χ3n) is 2.47. The Bertz CT molecular complexity index is 482. The molecule has 2 aromatic heterocycles. The van der Waals surface area contributed by atoms with Crippen molar-refractivity contribution in [3.63, 3.8) is 0 Å². The van der Waals surface area contributed by atoms with Gasteiger partial charge in [0.05, 0.1) is 6.04 Å². The second-order valence-corrected chi connectivity index (χ2v) is 4.78. The van der Waals surface area contributed by atoms with Crippen molar-refractivity contribution in [3.05, 3.63) is 24.5 Å². The smallest absolute Gasteiger partial charge is 0.244 e. The molecule has 6 nitrogen and oxygen atoms in total. The highest BCUT2D eigenvalue weighted by Crippen LogP contribution is 2.22. The summed E-state index contributed by atoms with van der Waals surface area (Å²) in [5, 5.41) is 7.29. The molecule has 1 aliphatic rings. The number of hydrogen-bond donors (Lipinski definition) is 1. The Kier molecular flexibility index (Phi) is 3.02. The van der Waals surface area contributed by atoms with Gasteiger partial charge in [-0.15, -0.1) is 0 Å². The van der Waals surface area contributed by atoms with Crippen molar-refractivity contribution < 1.29 is 4.52 Å². The minimum atomic E-state index is 0.150. The lowest BCUT2D eigenvalue weighted by atomic mass is 10.3. The van der Waals surface area contributed by atoms with Crippen molar-refractivity contribution in [1.82, 2.24) is 25.4 Å². The highest BCUT2D eigenvalue weighted by molar-refractivity contribution is 7.99. The Morgan fingerprint density at radius 1 is 1.47 bits per heavy atom. The summed E-state index contributed by atoms with van der Waals surface area (Å²) >= 11 is 1.89. The second-order valence-electron chi connectivity index (χ2n) is 3.63. The molecule has 0 saturated carbocycles. The maximum Gasteiger partial charge on any atom is 0.244 e. The number of nitrogens with zero attached hydrogens (tertiary/aromatic N) is 4. The van der Waals surface area contributed by atoms with Crippen LogP contribution in [-0.2, 0) is 0 Å². The van der Waals surface area contributed by atoms with Gasteiger partial charge in [0.15, 0.2) is 0 Å². The molecule has 7 heteroatoms. The van der Waals surface area contributed by atoms with Gasteiger partial charge in [-0.1, -0.05) is 5.16 Å². The number of nitrogens with one attached hydrogen (secondary N) is 1. The van der Waals surface area contributed by atoms with Gasteiger partial charge in [0.1, 0.15) is 12.0 Å². The van der Waals surface area contributed by atoms with Crippen LogP contribution in [0.4, 0.5) is 0 Å². The molecule has 0 aromatic carbocycles. The zero-order chi connectivity index (χ0) is 11.5. The lowest BCUT2D eigenvalue weighted by Crippen LogP contribution is -2.30. The zero-order valence-electron chi connectivity index (χ0n) is 9.04. The van der Waals surface area contributed by atoms with Gasteiger partial charge in [-0.2, -0.15) is 16.7 Å². The minimum Gasteiger partial charge on any atom is -0.337 e. The monoisotopic (exact) mass is 249 g/mol. The molecule has 1 unspecified atom stereocenters. The first-order chi connectivity index (χ1) is 8.43. The maximum absolute atomic E-state index is 5.26. The van der Waals surface area contributed by atoms with Crippen molar-refractivity contribution in [1.29, 1.82) is 0 Å². The molecule has 0 bridgehead atoms. The van der Waals surface area contributed by atoms with Crippen LogP contribution >= 0.6 is 11.8 Å². The number of rotatable bonds is 2. The predicted molar refractivity (Wildman–Crippen MR) is 63.4 cm³/mol. The summed E-state index contributed by atoms with van der Waals surface area (Å²) in [6, 6.07) is 1.91. The van der Waals surface area contributed by atoms with Gasteiger partial charge in [0.2, 0.25) is 11.7 Å². The van der Waals surface area contributed by atoms with E-state index < -0.39 is 0 Å². The van der Waals surface area contributed by atoms with E-state index in [0.717, 1.165) is 18.1 Å². The number of hydrogen-bond acceptors (Lipinski definition) is 7. The second kappa shape index (κ2) is 4.80.